The summed E-state index contributed by atoms with van der Waals surface area (Å²) >= 11 is 0. The van der Waals surface area contributed by atoms with Crippen LogP contribution in [-0.4, -0.2) is 36.5 Å². The molecule has 1 aliphatic heterocycles. The molecule has 2 heterocycles. The summed E-state index contributed by atoms with van der Waals surface area (Å²) in [6, 6.07) is 8.16. The summed E-state index contributed by atoms with van der Waals surface area (Å²) in [7, 11) is 1.71. The lowest BCUT2D eigenvalue weighted by molar-refractivity contribution is 0.0476. The number of methoxy groups -OCH3 is 1. The smallest absolute Gasteiger partial charge is 0.130 e. The minimum absolute atomic E-state index is 0.398. The van der Waals surface area contributed by atoms with E-state index in [2.05, 4.69) is 10.6 Å². The highest BCUT2D eigenvalue weighted by molar-refractivity contribution is 5.76. The van der Waals surface area contributed by atoms with Gasteiger partial charge in [-0.1, -0.05) is 12.1 Å². The monoisotopic (exact) mass is 275 g/mol. The molecule has 0 unspecified atom stereocenters. The molecule has 1 saturated heterocycles. The first kappa shape index (κ1) is 13.5. The van der Waals surface area contributed by atoms with Gasteiger partial charge in [0, 0.05) is 26.9 Å². The van der Waals surface area contributed by atoms with Gasteiger partial charge in [-0.2, -0.15) is 0 Å². The number of fused-ring (bicyclic) bond motifs is 1. The van der Waals surface area contributed by atoms with Gasteiger partial charge in [0.25, 0.3) is 0 Å². The van der Waals surface area contributed by atoms with Crippen LogP contribution in [0.3, 0.4) is 0 Å². The average molecular weight is 275 g/mol. The maximum absolute atomic E-state index is 6.61. The quantitative estimate of drug-likeness (QED) is 0.921. The van der Waals surface area contributed by atoms with Crippen LogP contribution in [0.15, 0.2) is 24.3 Å². The lowest BCUT2D eigenvalue weighted by Crippen LogP contribution is -2.44. The number of aromatic nitrogens is 2. The molecule has 1 aromatic carbocycles. The fourth-order valence-electron chi connectivity index (χ4n) is 2.82. The van der Waals surface area contributed by atoms with Gasteiger partial charge in [0.15, 0.2) is 0 Å². The van der Waals surface area contributed by atoms with Crippen LogP contribution in [0.1, 0.15) is 18.7 Å². The Bertz CT molecular complexity index is 588. The van der Waals surface area contributed by atoms with E-state index in [9.17, 15) is 0 Å². The first-order valence-corrected chi connectivity index (χ1v) is 7.06. The summed E-state index contributed by atoms with van der Waals surface area (Å²) in [4.78, 5) is 4.79. The molecule has 0 bridgehead atoms. The fourth-order valence-corrected chi connectivity index (χ4v) is 2.82. The van der Waals surface area contributed by atoms with Crippen molar-refractivity contribution in [1.29, 1.82) is 0 Å². The second kappa shape index (κ2) is 5.52. The van der Waals surface area contributed by atoms with Crippen LogP contribution in [-0.2, 0) is 21.6 Å². The highest BCUT2D eigenvalue weighted by Crippen LogP contribution is 2.31. The SMILES string of the molecule is COCCn1c(C2(N)CCOCC2)nc2ccccc21. The molecule has 0 saturated carbocycles. The second-order valence-electron chi connectivity index (χ2n) is 5.34. The van der Waals surface area contributed by atoms with Gasteiger partial charge in [-0.15, -0.1) is 0 Å². The molecule has 0 aliphatic carbocycles. The van der Waals surface area contributed by atoms with Gasteiger partial charge in [0.1, 0.15) is 5.82 Å². The number of ether oxygens (including phenoxy) is 2. The molecule has 1 fully saturated rings. The summed E-state index contributed by atoms with van der Waals surface area (Å²) in [5.74, 6) is 0.957. The van der Waals surface area contributed by atoms with E-state index in [0.717, 1.165) is 36.2 Å². The van der Waals surface area contributed by atoms with Gasteiger partial charge in [0.2, 0.25) is 0 Å². The van der Waals surface area contributed by atoms with E-state index in [1.165, 1.54) is 0 Å². The number of imidazole rings is 1. The average Bonchev–Trinajstić information content (AvgIpc) is 2.85. The molecule has 2 aromatic rings. The molecule has 20 heavy (non-hydrogen) atoms. The van der Waals surface area contributed by atoms with E-state index in [-0.39, 0.29) is 0 Å². The third-order valence-electron chi connectivity index (χ3n) is 4.00. The molecular formula is C15H21N3O2. The first-order valence-electron chi connectivity index (χ1n) is 7.06. The van der Waals surface area contributed by atoms with E-state index in [4.69, 9.17) is 20.2 Å². The van der Waals surface area contributed by atoms with Crippen LogP contribution >= 0.6 is 0 Å². The van der Waals surface area contributed by atoms with Gasteiger partial charge >= 0.3 is 0 Å². The highest BCUT2D eigenvalue weighted by Gasteiger charge is 2.35. The minimum atomic E-state index is -0.398. The third-order valence-corrected chi connectivity index (χ3v) is 4.00. The van der Waals surface area contributed by atoms with E-state index >= 15 is 0 Å². The van der Waals surface area contributed by atoms with Gasteiger partial charge < -0.3 is 19.8 Å². The molecule has 108 valence electrons. The fraction of sp³-hybridized carbons (Fsp3) is 0.533. The highest BCUT2D eigenvalue weighted by atomic mass is 16.5. The van der Waals surface area contributed by atoms with Crippen LogP contribution in [0.25, 0.3) is 11.0 Å². The van der Waals surface area contributed by atoms with Crippen LogP contribution in [0.5, 0.6) is 0 Å². The van der Waals surface area contributed by atoms with Crippen molar-refractivity contribution in [2.24, 2.45) is 5.73 Å². The molecule has 5 heteroatoms. The molecule has 5 nitrogen and oxygen atoms in total. The number of rotatable bonds is 4. The Balaban J connectivity index is 2.08. The molecular weight excluding hydrogens is 254 g/mol. The zero-order chi connectivity index (χ0) is 14.0. The number of hydrogen-bond acceptors (Lipinski definition) is 4. The molecule has 2 N–H and O–H groups in total. The summed E-state index contributed by atoms with van der Waals surface area (Å²) < 4.78 is 12.9. The summed E-state index contributed by atoms with van der Waals surface area (Å²) in [5, 5.41) is 0. The predicted octanol–water partition coefficient (Wildman–Crippen LogP) is 1.65. The zero-order valence-electron chi connectivity index (χ0n) is 11.8. The number of nitrogens with zero attached hydrogens (tertiary/aromatic N) is 2. The van der Waals surface area contributed by atoms with Crippen molar-refractivity contribution >= 4 is 11.0 Å². The summed E-state index contributed by atoms with van der Waals surface area (Å²) in [6.45, 7) is 2.82. The predicted molar refractivity (Wildman–Crippen MR) is 77.5 cm³/mol. The molecule has 0 spiro atoms. The summed E-state index contributed by atoms with van der Waals surface area (Å²) in [5.41, 5.74) is 8.33. The lowest BCUT2D eigenvalue weighted by Gasteiger charge is -2.33. The van der Waals surface area contributed by atoms with Gasteiger partial charge in [0.05, 0.1) is 23.2 Å². The number of para-hydroxylation sites is 2. The normalized spacial score (nSPS) is 18.5. The van der Waals surface area contributed by atoms with E-state index < -0.39 is 5.54 Å². The van der Waals surface area contributed by atoms with Gasteiger partial charge in [-0.25, -0.2) is 4.98 Å². The summed E-state index contributed by atoms with van der Waals surface area (Å²) in [6.07, 6.45) is 1.62. The molecule has 0 atom stereocenters. The van der Waals surface area contributed by atoms with Crippen molar-refractivity contribution in [2.75, 3.05) is 26.9 Å². The topological polar surface area (TPSA) is 62.3 Å². The van der Waals surface area contributed by atoms with Crippen LogP contribution in [0, 0.1) is 0 Å². The third kappa shape index (κ3) is 2.32. The van der Waals surface area contributed by atoms with E-state index in [1.807, 2.05) is 18.2 Å². The molecule has 0 amide bonds. The van der Waals surface area contributed by atoms with Crippen molar-refractivity contribution in [3.8, 4) is 0 Å². The lowest BCUT2D eigenvalue weighted by atomic mass is 9.90. The number of nitrogens with two attached hydrogens (primary N) is 1. The standard InChI is InChI=1S/C15H21N3O2/c1-19-11-8-18-13-5-3-2-4-12(13)17-14(18)15(16)6-9-20-10-7-15/h2-5H,6-11,16H2,1H3. The van der Waals surface area contributed by atoms with E-state index in [0.29, 0.717) is 19.8 Å². The Kier molecular flexibility index (Phi) is 3.74. The Morgan fingerprint density at radius 3 is 2.85 bits per heavy atom. The maximum Gasteiger partial charge on any atom is 0.130 e. The Morgan fingerprint density at radius 2 is 2.10 bits per heavy atom. The Hall–Kier alpha value is -1.43. The molecule has 1 aromatic heterocycles. The van der Waals surface area contributed by atoms with Crippen molar-refractivity contribution in [1.82, 2.24) is 9.55 Å². The Labute approximate surface area is 118 Å². The van der Waals surface area contributed by atoms with Crippen molar-refractivity contribution in [2.45, 2.75) is 24.9 Å². The van der Waals surface area contributed by atoms with Crippen molar-refractivity contribution < 1.29 is 9.47 Å². The van der Waals surface area contributed by atoms with Crippen LogP contribution < -0.4 is 5.73 Å². The second-order valence-corrected chi connectivity index (χ2v) is 5.34. The number of hydrogen-bond donors (Lipinski definition) is 1. The largest absolute Gasteiger partial charge is 0.383 e. The first-order chi connectivity index (χ1) is 9.74. The van der Waals surface area contributed by atoms with Gasteiger partial charge in [-0.3, -0.25) is 0 Å². The zero-order valence-corrected chi connectivity index (χ0v) is 11.8. The van der Waals surface area contributed by atoms with Crippen LogP contribution in [0.2, 0.25) is 0 Å². The van der Waals surface area contributed by atoms with Crippen molar-refractivity contribution in [3.05, 3.63) is 30.1 Å². The maximum atomic E-state index is 6.61. The van der Waals surface area contributed by atoms with Gasteiger partial charge in [-0.05, 0) is 25.0 Å². The minimum Gasteiger partial charge on any atom is -0.383 e. The molecule has 0 radical (unpaired) electrons. The van der Waals surface area contributed by atoms with Crippen LogP contribution in [0.4, 0.5) is 0 Å². The number of benzene rings is 1. The molecule has 1 aliphatic rings. The van der Waals surface area contributed by atoms with E-state index in [1.54, 1.807) is 7.11 Å². The molecule has 3 rings (SSSR count). The van der Waals surface area contributed by atoms with Crippen molar-refractivity contribution in [3.63, 3.8) is 0 Å². The Morgan fingerprint density at radius 1 is 1.35 bits per heavy atom.